The largest absolute Gasteiger partial charge is 0.508 e. The molecule has 1 unspecified atom stereocenters. The zero-order valence-electron chi connectivity index (χ0n) is 32.2. The van der Waals surface area contributed by atoms with E-state index >= 15 is 0 Å². The van der Waals surface area contributed by atoms with Crippen molar-refractivity contribution >= 4 is 24.8 Å². The minimum Gasteiger partial charge on any atom is -0.438 e. The Morgan fingerprint density at radius 2 is 1.58 bits per heavy atom. The minimum absolute atomic E-state index is 0.109. The van der Waals surface area contributed by atoms with Gasteiger partial charge in [0.1, 0.15) is 0 Å². The van der Waals surface area contributed by atoms with Crippen LogP contribution >= 0.6 is 0 Å². The van der Waals surface area contributed by atoms with Gasteiger partial charge in [-0.1, -0.05) is 108 Å². The van der Waals surface area contributed by atoms with Gasteiger partial charge in [0.05, 0.1) is 37.1 Å². The van der Waals surface area contributed by atoms with Gasteiger partial charge in [0.2, 0.25) is 0 Å². The Morgan fingerprint density at radius 3 is 2.04 bits per heavy atom. The van der Waals surface area contributed by atoms with Gasteiger partial charge in [0.25, 0.3) is 8.32 Å². The zero-order chi connectivity index (χ0) is 37.4. The third kappa shape index (κ3) is 9.85. The zero-order valence-corrected chi connectivity index (χ0v) is 33.2. The molecule has 280 valence electrons. The highest BCUT2D eigenvalue weighted by Gasteiger charge is 2.52. The highest BCUT2D eigenvalue weighted by Crippen LogP contribution is 2.39. The first-order valence-corrected chi connectivity index (χ1v) is 19.8. The Morgan fingerprint density at radius 1 is 1.04 bits per heavy atom. The number of benzene rings is 2. The third-order valence-electron chi connectivity index (χ3n) is 10.2. The summed E-state index contributed by atoms with van der Waals surface area (Å²) in [5, 5.41) is 26.0. The number of methoxy groups -OCH3 is 1. The van der Waals surface area contributed by atoms with Gasteiger partial charge in [-0.3, -0.25) is 0 Å². The fraction of sp³-hybridized carbons (Fsp3) is 0.625. The van der Waals surface area contributed by atoms with Crippen LogP contribution in [-0.2, 0) is 23.4 Å². The van der Waals surface area contributed by atoms with Gasteiger partial charge in [0, 0.05) is 18.4 Å². The number of aliphatic hydroxyl groups is 2. The first kappa shape index (κ1) is 41.8. The molecule has 10 atom stereocenters. The Hall–Kier alpha value is -2.57. The lowest BCUT2D eigenvalue weighted by Gasteiger charge is -2.47. The van der Waals surface area contributed by atoms with Crippen LogP contribution in [0.15, 0.2) is 73.3 Å². The van der Waals surface area contributed by atoms with Crippen LogP contribution in [0.25, 0.3) is 0 Å². The molecule has 9 nitrogen and oxygen atoms in total. The number of hydrogen-bond acceptors (Lipinski definition) is 9. The van der Waals surface area contributed by atoms with Gasteiger partial charge in [0.15, 0.2) is 12.4 Å². The third-order valence-corrected chi connectivity index (χ3v) is 15.2. The van der Waals surface area contributed by atoms with E-state index in [9.17, 15) is 15.0 Å². The smallest absolute Gasteiger partial charge is 0.438 e. The maximum Gasteiger partial charge on any atom is 0.508 e. The number of aliphatic hydroxyl groups excluding tert-OH is 1. The standard InChI is InChI=1S/C40H63NO8Si/c1-13-28(3)34(42)30(5)36(49-37-35(48-38(43)45-12)33(41(10)11)24-29(4)47-37)40(9,44)25-27(2)26-46-50(39(6,7)8,31-20-16-14-17-21-31)32-22-18-15-19-23-32/h13-23,27-30,33-37,42,44H,1,24-26H2,2-12H3/t27-,28+,29-,30+,33+,34-,35-,36-,37?,40-/m1/s1. The molecule has 2 N–H and O–H groups in total. The molecule has 1 saturated heterocycles. The van der Waals surface area contributed by atoms with Crippen molar-refractivity contribution < 1.29 is 38.4 Å². The number of ether oxygens (including phenoxy) is 4. The van der Waals surface area contributed by atoms with Crippen LogP contribution in [0.4, 0.5) is 4.79 Å². The summed E-state index contributed by atoms with van der Waals surface area (Å²) in [6.45, 7) is 20.5. The average molecular weight is 714 g/mol. The SMILES string of the molecule is C=C[C@H](C)[C@@H](O)[C@H](C)[C@@H](OC1O[C@H](C)C[C@H](N(C)C)[C@H]1OC(=O)OC)[C@](C)(O)C[C@@H](C)CO[Si](c1ccccc1)(c1ccccc1)C(C)(C)C. The molecule has 0 saturated carbocycles. The predicted molar refractivity (Wildman–Crippen MR) is 201 cm³/mol. The Kier molecular flexibility index (Phi) is 14.9. The quantitative estimate of drug-likeness (QED) is 0.128. The molecule has 10 heteroatoms. The molecular weight excluding hydrogens is 651 g/mol. The number of nitrogens with zero attached hydrogens (tertiary/aromatic N) is 1. The first-order valence-electron chi connectivity index (χ1n) is 17.9. The maximum absolute atomic E-state index is 12.4. The minimum atomic E-state index is -2.81. The monoisotopic (exact) mass is 713 g/mol. The molecule has 0 aliphatic carbocycles. The fourth-order valence-electron chi connectivity index (χ4n) is 7.61. The van der Waals surface area contributed by atoms with Gasteiger partial charge >= 0.3 is 6.16 Å². The second-order valence-electron chi connectivity index (χ2n) is 15.8. The van der Waals surface area contributed by atoms with E-state index in [4.69, 9.17) is 23.4 Å². The highest BCUT2D eigenvalue weighted by atomic mass is 28.4. The van der Waals surface area contributed by atoms with Gasteiger partial charge in [-0.2, -0.15) is 0 Å². The lowest BCUT2D eigenvalue weighted by molar-refractivity contribution is -0.299. The summed E-state index contributed by atoms with van der Waals surface area (Å²) in [4.78, 5) is 14.4. The molecule has 1 fully saturated rings. The molecule has 0 aromatic heterocycles. The average Bonchev–Trinajstić information content (AvgIpc) is 3.07. The van der Waals surface area contributed by atoms with E-state index in [-0.39, 0.29) is 29.0 Å². The molecule has 1 aliphatic heterocycles. The van der Waals surface area contributed by atoms with Crippen LogP contribution in [0.5, 0.6) is 0 Å². The number of carbonyl (C=O) groups is 1. The van der Waals surface area contributed by atoms with Gasteiger partial charge in [-0.25, -0.2) is 4.79 Å². The summed E-state index contributed by atoms with van der Waals surface area (Å²) in [5.74, 6) is -0.937. The van der Waals surface area contributed by atoms with Crippen molar-refractivity contribution in [3.05, 3.63) is 73.3 Å². The normalized spacial score (nSPS) is 24.4. The number of rotatable bonds is 16. The molecule has 0 radical (unpaired) electrons. The van der Waals surface area contributed by atoms with E-state index in [0.29, 0.717) is 19.4 Å². The molecule has 0 spiro atoms. The van der Waals surface area contributed by atoms with Crippen LogP contribution in [0.2, 0.25) is 5.04 Å². The summed E-state index contributed by atoms with van der Waals surface area (Å²) in [6.07, 6.45) is -2.15. The molecule has 0 bridgehead atoms. The number of hydrogen-bond donors (Lipinski definition) is 2. The summed E-state index contributed by atoms with van der Waals surface area (Å²) >= 11 is 0. The van der Waals surface area contributed by atoms with Gasteiger partial charge < -0.3 is 38.5 Å². The molecule has 1 heterocycles. The first-order chi connectivity index (χ1) is 23.4. The molecule has 2 aromatic rings. The maximum atomic E-state index is 12.4. The summed E-state index contributed by atoms with van der Waals surface area (Å²) in [7, 11) is 2.26. The summed E-state index contributed by atoms with van der Waals surface area (Å²) in [5.41, 5.74) is -1.46. The van der Waals surface area contributed by atoms with E-state index in [1.54, 1.807) is 13.0 Å². The summed E-state index contributed by atoms with van der Waals surface area (Å²) in [6, 6.07) is 20.7. The van der Waals surface area contributed by atoms with Gasteiger partial charge in [-0.05, 0) is 62.1 Å². The second kappa shape index (κ2) is 17.8. The Labute approximate surface area is 302 Å². The van der Waals surface area contributed by atoms with Crippen molar-refractivity contribution in [3.63, 3.8) is 0 Å². The summed E-state index contributed by atoms with van der Waals surface area (Å²) < 4.78 is 30.8. The second-order valence-corrected chi connectivity index (χ2v) is 20.1. The number of carbonyl (C=O) groups excluding carboxylic acids is 1. The van der Waals surface area contributed by atoms with Crippen molar-refractivity contribution in [1.29, 1.82) is 0 Å². The fourth-order valence-corrected chi connectivity index (χ4v) is 12.3. The molecule has 1 aliphatic rings. The van der Waals surface area contributed by atoms with Crippen LogP contribution in [0.1, 0.15) is 68.2 Å². The molecule has 0 amide bonds. The topological polar surface area (TPSA) is 107 Å². The van der Waals surface area contributed by atoms with Crippen molar-refractivity contribution in [2.45, 2.75) is 116 Å². The van der Waals surface area contributed by atoms with Crippen LogP contribution in [-0.4, -0.2) is 99.7 Å². The van der Waals surface area contributed by atoms with Crippen LogP contribution in [0, 0.1) is 17.8 Å². The van der Waals surface area contributed by atoms with E-state index in [1.807, 2.05) is 51.9 Å². The molecular formula is C40H63NO8Si. The molecule has 3 rings (SSSR count). The predicted octanol–water partition coefficient (Wildman–Crippen LogP) is 5.76. The van der Waals surface area contributed by atoms with E-state index in [2.05, 4.69) is 82.8 Å². The molecule has 2 aromatic carbocycles. The lowest BCUT2D eigenvalue weighted by Crippen LogP contribution is -2.67. The van der Waals surface area contributed by atoms with Crippen molar-refractivity contribution in [1.82, 2.24) is 4.90 Å². The van der Waals surface area contributed by atoms with Gasteiger partial charge in [-0.15, -0.1) is 6.58 Å². The highest BCUT2D eigenvalue weighted by molar-refractivity contribution is 6.99. The number of likely N-dealkylation sites (N-methyl/N-ethyl adjacent to an activating group) is 1. The Bertz CT molecular complexity index is 1290. The molecule has 50 heavy (non-hydrogen) atoms. The van der Waals surface area contributed by atoms with E-state index in [1.165, 1.54) is 17.5 Å². The van der Waals surface area contributed by atoms with E-state index < -0.39 is 50.6 Å². The Balaban J connectivity index is 1.98. The van der Waals surface area contributed by atoms with Crippen molar-refractivity contribution in [2.24, 2.45) is 17.8 Å². The van der Waals surface area contributed by atoms with Crippen molar-refractivity contribution in [3.8, 4) is 0 Å². The van der Waals surface area contributed by atoms with Crippen molar-refractivity contribution in [2.75, 3.05) is 27.8 Å². The lowest BCUT2D eigenvalue weighted by atomic mass is 9.78. The van der Waals surface area contributed by atoms with Crippen LogP contribution < -0.4 is 10.4 Å². The van der Waals surface area contributed by atoms with E-state index in [0.717, 1.165) is 0 Å². The van der Waals surface area contributed by atoms with Crippen LogP contribution in [0.3, 0.4) is 0 Å².